The molecule has 2 aliphatic heterocycles. The molecule has 2 aliphatic rings. The quantitative estimate of drug-likeness (QED) is 0.905. The minimum Gasteiger partial charge on any atom is -0.342 e. The molecular weight excluding hydrogens is 281 g/mol. The maximum Gasteiger partial charge on any atom is 0.416 e. The number of nitrogens with zero attached hydrogens (tertiary/aromatic N) is 1. The Morgan fingerprint density at radius 1 is 1.19 bits per heavy atom. The Morgan fingerprint density at radius 3 is 2.43 bits per heavy atom. The van der Waals surface area contributed by atoms with Crippen molar-refractivity contribution >= 4 is 5.91 Å². The first kappa shape index (κ1) is 14.4. The smallest absolute Gasteiger partial charge is 0.342 e. The minimum atomic E-state index is -4.41. The van der Waals surface area contributed by atoms with Crippen LogP contribution in [0.3, 0.4) is 0 Å². The first-order chi connectivity index (χ1) is 9.95. The van der Waals surface area contributed by atoms with E-state index < -0.39 is 11.7 Å². The molecule has 2 fully saturated rings. The van der Waals surface area contributed by atoms with Gasteiger partial charge in [-0.25, -0.2) is 0 Å². The normalized spacial score (nSPS) is 25.2. The van der Waals surface area contributed by atoms with E-state index in [0.29, 0.717) is 24.9 Å². The zero-order valence-corrected chi connectivity index (χ0v) is 11.5. The van der Waals surface area contributed by atoms with Crippen molar-refractivity contribution in [3.8, 4) is 0 Å². The van der Waals surface area contributed by atoms with Crippen LogP contribution >= 0.6 is 0 Å². The molecule has 0 bridgehead atoms. The van der Waals surface area contributed by atoms with Gasteiger partial charge >= 0.3 is 6.18 Å². The highest BCUT2D eigenvalue weighted by Crippen LogP contribution is 2.33. The van der Waals surface area contributed by atoms with Gasteiger partial charge in [-0.1, -0.05) is 18.2 Å². The second kappa shape index (κ2) is 5.33. The van der Waals surface area contributed by atoms with Crippen LogP contribution in [0.1, 0.15) is 11.1 Å². The Morgan fingerprint density at radius 2 is 1.81 bits per heavy atom. The van der Waals surface area contributed by atoms with Crippen LogP contribution in [-0.4, -0.2) is 37.0 Å². The van der Waals surface area contributed by atoms with Crippen molar-refractivity contribution in [1.82, 2.24) is 10.2 Å². The van der Waals surface area contributed by atoms with Crippen LogP contribution in [0.5, 0.6) is 0 Å². The third kappa shape index (κ3) is 2.90. The Labute approximate surface area is 121 Å². The summed E-state index contributed by atoms with van der Waals surface area (Å²) in [6.07, 6.45) is -4.59. The van der Waals surface area contributed by atoms with Crippen molar-refractivity contribution in [2.45, 2.75) is 12.6 Å². The summed E-state index contributed by atoms with van der Waals surface area (Å²) in [7, 11) is 0. The van der Waals surface area contributed by atoms with Crippen molar-refractivity contribution in [1.29, 1.82) is 0 Å². The Bertz CT molecular complexity index is 532. The fraction of sp³-hybridized carbons (Fsp3) is 0.533. The van der Waals surface area contributed by atoms with E-state index in [-0.39, 0.29) is 17.9 Å². The molecule has 3 nitrogen and oxygen atoms in total. The van der Waals surface area contributed by atoms with Crippen molar-refractivity contribution in [2.24, 2.45) is 11.8 Å². The predicted molar refractivity (Wildman–Crippen MR) is 71.6 cm³/mol. The summed E-state index contributed by atoms with van der Waals surface area (Å²) >= 11 is 0. The third-order valence-corrected chi connectivity index (χ3v) is 4.41. The lowest BCUT2D eigenvalue weighted by atomic mass is 10.0. The predicted octanol–water partition coefficient (Wildman–Crippen LogP) is 1.93. The second-order valence-corrected chi connectivity index (χ2v) is 5.81. The van der Waals surface area contributed by atoms with Crippen molar-refractivity contribution in [2.75, 3.05) is 26.2 Å². The van der Waals surface area contributed by atoms with Crippen LogP contribution in [0.2, 0.25) is 0 Å². The van der Waals surface area contributed by atoms with Gasteiger partial charge in [-0.2, -0.15) is 13.2 Å². The van der Waals surface area contributed by atoms with Crippen LogP contribution in [0.15, 0.2) is 24.3 Å². The number of fused-ring (bicyclic) bond motifs is 1. The first-order valence-corrected chi connectivity index (χ1v) is 7.09. The molecule has 0 radical (unpaired) electrons. The molecule has 0 aromatic heterocycles. The summed E-state index contributed by atoms with van der Waals surface area (Å²) in [6, 6.07) is 5.31. The molecule has 1 aromatic rings. The molecule has 114 valence electrons. The number of rotatable bonds is 2. The average molecular weight is 298 g/mol. The highest BCUT2D eigenvalue weighted by molar-refractivity contribution is 5.79. The number of carbonyl (C=O) groups is 1. The molecule has 2 heterocycles. The van der Waals surface area contributed by atoms with Gasteiger partial charge in [0.2, 0.25) is 5.91 Å². The number of halogens is 3. The average Bonchev–Trinajstić information content (AvgIpc) is 2.98. The fourth-order valence-corrected chi connectivity index (χ4v) is 3.28. The van der Waals surface area contributed by atoms with Crippen LogP contribution < -0.4 is 5.32 Å². The maximum atomic E-state index is 12.9. The summed E-state index contributed by atoms with van der Waals surface area (Å²) in [4.78, 5) is 14.0. The number of carbonyl (C=O) groups excluding carboxylic acids is 1. The number of nitrogens with one attached hydrogen (secondary N) is 1. The molecule has 0 aliphatic carbocycles. The van der Waals surface area contributed by atoms with Gasteiger partial charge in [-0.15, -0.1) is 0 Å². The lowest BCUT2D eigenvalue weighted by molar-refractivity contribution is -0.138. The number of hydrogen-bond donors (Lipinski definition) is 1. The highest BCUT2D eigenvalue weighted by Gasteiger charge is 2.39. The van der Waals surface area contributed by atoms with Crippen LogP contribution in [0.25, 0.3) is 0 Å². The Kier molecular flexibility index (Phi) is 3.65. The standard InChI is InChI=1S/C15H17F3N2O/c16-15(17,18)13-4-2-1-3-10(13)5-14(21)20-8-11-6-19-7-12(11)9-20/h1-4,11-12,19H,5-9H2/t11-,12+. The number of alkyl halides is 3. The molecule has 6 heteroatoms. The molecule has 0 spiro atoms. The van der Waals surface area contributed by atoms with Crippen molar-refractivity contribution < 1.29 is 18.0 Å². The molecule has 2 saturated heterocycles. The first-order valence-electron chi connectivity index (χ1n) is 7.09. The van der Waals surface area contributed by atoms with E-state index in [1.54, 1.807) is 11.0 Å². The van der Waals surface area contributed by atoms with Gasteiger partial charge in [0.25, 0.3) is 0 Å². The Balaban J connectivity index is 1.71. The zero-order valence-electron chi connectivity index (χ0n) is 11.5. The summed E-state index contributed by atoms with van der Waals surface area (Å²) in [5, 5.41) is 3.28. The van der Waals surface area contributed by atoms with Gasteiger partial charge in [-0.05, 0) is 23.5 Å². The summed E-state index contributed by atoms with van der Waals surface area (Å²) < 4.78 is 38.8. The molecule has 1 aromatic carbocycles. The highest BCUT2D eigenvalue weighted by atomic mass is 19.4. The summed E-state index contributed by atoms with van der Waals surface area (Å²) in [6.45, 7) is 3.11. The van der Waals surface area contributed by atoms with E-state index in [4.69, 9.17) is 0 Å². The van der Waals surface area contributed by atoms with Gasteiger partial charge in [-0.3, -0.25) is 4.79 Å². The topological polar surface area (TPSA) is 32.3 Å². The van der Waals surface area contributed by atoms with E-state index >= 15 is 0 Å². The maximum absolute atomic E-state index is 12.9. The van der Waals surface area contributed by atoms with Crippen LogP contribution in [0.4, 0.5) is 13.2 Å². The molecular formula is C15H17F3N2O. The minimum absolute atomic E-state index is 0.0604. The Hall–Kier alpha value is -1.56. The van der Waals surface area contributed by atoms with Crippen LogP contribution in [-0.2, 0) is 17.4 Å². The number of amides is 1. The lowest BCUT2D eigenvalue weighted by Crippen LogP contribution is -2.33. The van der Waals surface area contributed by atoms with Crippen LogP contribution in [0, 0.1) is 11.8 Å². The molecule has 2 atom stereocenters. The third-order valence-electron chi connectivity index (χ3n) is 4.41. The van der Waals surface area contributed by atoms with Gasteiger partial charge in [0.15, 0.2) is 0 Å². The molecule has 1 N–H and O–H groups in total. The van der Waals surface area contributed by atoms with E-state index in [0.717, 1.165) is 19.2 Å². The number of hydrogen-bond acceptors (Lipinski definition) is 2. The largest absolute Gasteiger partial charge is 0.416 e. The molecule has 3 rings (SSSR count). The van der Waals surface area contributed by atoms with Gasteiger partial charge in [0, 0.05) is 26.2 Å². The fourth-order valence-electron chi connectivity index (χ4n) is 3.28. The monoisotopic (exact) mass is 298 g/mol. The van der Waals surface area contributed by atoms with E-state index in [1.807, 2.05) is 0 Å². The van der Waals surface area contributed by atoms with Crippen molar-refractivity contribution in [3.05, 3.63) is 35.4 Å². The zero-order chi connectivity index (χ0) is 15.0. The second-order valence-electron chi connectivity index (χ2n) is 5.81. The number of benzene rings is 1. The molecule has 0 unspecified atom stereocenters. The lowest BCUT2D eigenvalue weighted by Gasteiger charge is -2.19. The van der Waals surface area contributed by atoms with Gasteiger partial charge in [0.1, 0.15) is 0 Å². The van der Waals surface area contributed by atoms with E-state index in [1.165, 1.54) is 12.1 Å². The summed E-state index contributed by atoms with van der Waals surface area (Å²) in [5.74, 6) is 0.694. The van der Waals surface area contributed by atoms with Gasteiger partial charge in [0.05, 0.1) is 12.0 Å². The van der Waals surface area contributed by atoms with Gasteiger partial charge < -0.3 is 10.2 Å². The van der Waals surface area contributed by atoms with E-state index in [9.17, 15) is 18.0 Å². The van der Waals surface area contributed by atoms with E-state index in [2.05, 4.69) is 5.32 Å². The molecule has 21 heavy (non-hydrogen) atoms. The summed E-state index contributed by atoms with van der Waals surface area (Å²) in [5.41, 5.74) is -0.649. The molecule has 1 amide bonds. The van der Waals surface area contributed by atoms with Crippen molar-refractivity contribution in [3.63, 3.8) is 0 Å². The SMILES string of the molecule is O=C(Cc1ccccc1C(F)(F)F)N1C[C@H]2CNC[C@H]2C1. The number of likely N-dealkylation sites (tertiary alicyclic amines) is 1. The molecule has 0 saturated carbocycles.